The molecule has 170 valence electrons. The minimum Gasteiger partial charge on any atom is -0.421 e. The van der Waals surface area contributed by atoms with E-state index in [9.17, 15) is 4.39 Å². The van der Waals surface area contributed by atoms with Crippen LogP contribution in [0.25, 0.3) is 11.1 Å². The lowest BCUT2D eigenvalue weighted by atomic mass is 9.64. The van der Waals surface area contributed by atoms with E-state index in [-0.39, 0.29) is 23.3 Å². The van der Waals surface area contributed by atoms with Gasteiger partial charge in [0.25, 0.3) is 0 Å². The highest BCUT2D eigenvalue weighted by Gasteiger charge is 2.50. The first-order valence-corrected chi connectivity index (χ1v) is 11.3. The van der Waals surface area contributed by atoms with Gasteiger partial charge in [0.15, 0.2) is 5.75 Å². The number of nitrogens with zero attached hydrogens (tertiary/aromatic N) is 5. The summed E-state index contributed by atoms with van der Waals surface area (Å²) in [5, 5.41) is 3.12. The molecule has 1 aliphatic heterocycles. The fourth-order valence-electron chi connectivity index (χ4n) is 5.43. The van der Waals surface area contributed by atoms with E-state index in [2.05, 4.69) is 20.2 Å². The second kappa shape index (κ2) is 7.34. The van der Waals surface area contributed by atoms with Crippen molar-refractivity contribution in [2.24, 2.45) is 11.1 Å². The summed E-state index contributed by atoms with van der Waals surface area (Å²) in [6, 6.07) is 3.58. The van der Waals surface area contributed by atoms with Crippen LogP contribution in [0, 0.1) is 18.2 Å². The molecule has 1 saturated carbocycles. The van der Waals surface area contributed by atoms with E-state index >= 15 is 0 Å². The minimum atomic E-state index is -0.284. The highest BCUT2D eigenvalue weighted by Crippen LogP contribution is 2.51. The first kappa shape index (κ1) is 20.3. The molecule has 2 atom stereocenters. The third kappa shape index (κ3) is 3.21. The van der Waals surface area contributed by atoms with Gasteiger partial charge in [0.05, 0.1) is 18.1 Å². The number of nitrogens with two attached hydrogens (primary N) is 1. The van der Waals surface area contributed by atoms with Crippen molar-refractivity contribution in [3.05, 3.63) is 47.4 Å². The highest BCUT2D eigenvalue weighted by atomic mass is 19.1. The van der Waals surface area contributed by atoms with Crippen molar-refractivity contribution >= 4 is 11.5 Å². The van der Waals surface area contributed by atoms with Gasteiger partial charge in [0.2, 0.25) is 0 Å². The number of aromatic nitrogens is 4. The summed E-state index contributed by atoms with van der Waals surface area (Å²) >= 11 is 0. The summed E-state index contributed by atoms with van der Waals surface area (Å²) in [7, 11) is 1.80. The van der Waals surface area contributed by atoms with Gasteiger partial charge in [-0.2, -0.15) is 9.97 Å². The molecule has 1 aromatic carbocycles. The number of nitrogens with one attached hydrogen (secondary N) is 1. The van der Waals surface area contributed by atoms with E-state index in [1.54, 1.807) is 25.5 Å². The van der Waals surface area contributed by atoms with Crippen molar-refractivity contribution in [3.8, 4) is 22.9 Å². The second-order valence-corrected chi connectivity index (χ2v) is 9.30. The molecule has 0 radical (unpaired) electrons. The van der Waals surface area contributed by atoms with Gasteiger partial charge in [-0.1, -0.05) is 0 Å². The topological polar surface area (TPSA) is 102 Å². The third-order valence-electron chi connectivity index (χ3n) is 7.43. The maximum absolute atomic E-state index is 14.5. The number of anilines is 2. The fourth-order valence-corrected chi connectivity index (χ4v) is 5.43. The maximum Gasteiger partial charge on any atom is 0.324 e. The SMILES string of the molecule is CNc1cc(F)cc2c1Cc1nc(Oc3cnc(C)nc3)nc(N3CC[C@]4(CC[C@@H]4N)C3)c1-2. The molecule has 9 heteroatoms. The number of benzene rings is 1. The molecule has 1 spiro atoms. The van der Waals surface area contributed by atoms with Crippen molar-refractivity contribution in [1.82, 2.24) is 19.9 Å². The van der Waals surface area contributed by atoms with Crippen LogP contribution in [0.5, 0.6) is 11.8 Å². The van der Waals surface area contributed by atoms with Gasteiger partial charge in [-0.25, -0.2) is 14.4 Å². The van der Waals surface area contributed by atoms with Crippen LogP contribution in [-0.2, 0) is 6.42 Å². The van der Waals surface area contributed by atoms with Crippen molar-refractivity contribution < 1.29 is 9.13 Å². The Labute approximate surface area is 191 Å². The van der Waals surface area contributed by atoms with E-state index < -0.39 is 0 Å². The Kier molecular flexibility index (Phi) is 4.52. The van der Waals surface area contributed by atoms with Crippen LogP contribution in [0.3, 0.4) is 0 Å². The van der Waals surface area contributed by atoms with Crippen molar-refractivity contribution in [2.45, 2.75) is 38.6 Å². The predicted octanol–water partition coefficient (Wildman–Crippen LogP) is 3.44. The molecule has 2 aliphatic carbocycles. The summed E-state index contributed by atoms with van der Waals surface area (Å²) in [5.41, 5.74) is 10.9. The molecule has 3 aromatic rings. The molecular formula is C24H26FN7O. The van der Waals surface area contributed by atoms with Crippen LogP contribution in [0.1, 0.15) is 36.3 Å². The van der Waals surface area contributed by atoms with Gasteiger partial charge in [0, 0.05) is 49.3 Å². The molecule has 2 aromatic heterocycles. The van der Waals surface area contributed by atoms with Gasteiger partial charge in [0.1, 0.15) is 17.5 Å². The summed E-state index contributed by atoms with van der Waals surface area (Å²) in [5.74, 6) is 1.63. The summed E-state index contributed by atoms with van der Waals surface area (Å²) in [6.45, 7) is 3.51. The molecule has 3 N–H and O–H groups in total. The third-order valence-corrected chi connectivity index (χ3v) is 7.43. The molecule has 3 heterocycles. The average molecular weight is 448 g/mol. The Morgan fingerprint density at radius 1 is 1.21 bits per heavy atom. The first-order chi connectivity index (χ1) is 16.0. The molecule has 0 unspecified atom stereocenters. The zero-order chi connectivity index (χ0) is 22.7. The van der Waals surface area contributed by atoms with Crippen LogP contribution in [0.2, 0.25) is 0 Å². The quantitative estimate of drug-likeness (QED) is 0.491. The van der Waals surface area contributed by atoms with Crippen LogP contribution in [0.15, 0.2) is 24.5 Å². The average Bonchev–Trinajstić information content (AvgIpc) is 3.42. The van der Waals surface area contributed by atoms with Crippen molar-refractivity contribution in [1.29, 1.82) is 0 Å². The lowest BCUT2D eigenvalue weighted by Crippen LogP contribution is -2.52. The predicted molar refractivity (Wildman–Crippen MR) is 123 cm³/mol. The van der Waals surface area contributed by atoms with Crippen molar-refractivity contribution in [3.63, 3.8) is 0 Å². The van der Waals surface area contributed by atoms with Crippen LogP contribution in [-0.4, -0.2) is 46.1 Å². The number of aryl methyl sites for hydroxylation is 1. The molecule has 6 rings (SSSR count). The van der Waals surface area contributed by atoms with Gasteiger partial charge in [-0.05, 0) is 49.4 Å². The summed E-state index contributed by atoms with van der Waals surface area (Å²) in [6.07, 6.45) is 7.04. The van der Waals surface area contributed by atoms with Crippen molar-refractivity contribution in [2.75, 3.05) is 30.4 Å². The Morgan fingerprint density at radius 2 is 2.03 bits per heavy atom. The van der Waals surface area contributed by atoms with E-state index in [0.717, 1.165) is 66.2 Å². The van der Waals surface area contributed by atoms with Gasteiger partial charge in [-0.3, -0.25) is 0 Å². The van der Waals surface area contributed by atoms with Gasteiger partial charge in [-0.15, -0.1) is 0 Å². The number of rotatable bonds is 4. The van der Waals surface area contributed by atoms with Crippen LogP contribution < -0.4 is 20.7 Å². The Morgan fingerprint density at radius 3 is 2.70 bits per heavy atom. The number of halogens is 1. The number of hydrogen-bond donors (Lipinski definition) is 2. The Balaban J connectivity index is 1.45. The van der Waals surface area contributed by atoms with Crippen LogP contribution in [0.4, 0.5) is 15.9 Å². The smallest absolute Gasteiger partial charge is 0.324 e. The molecule has 0 bridgehead atoms. The first-order valence-electron chi connectivity index (χ1n) is 11.3. The minimum absolute atomic E-state index is 0.142. The fraction of sp³-hybridized carbons (Fsp3) is 0.417. The van der Waals surface area contributed by atoms with Gasteiger partial charge >= 0.3 is 6.01 Å². The summed E-state index contributed by atoms with van der Waals surface area (Å²) < 4.78 is 20.5. The zero-order valence-electron chi connectivity index (χ0n) is 18.7. The largest absolute Gasteiger partial charge is 0.421 e. The Hall–Kier alpha value is -3.33. The second-order valence-electron chi connectivity index (χ2n) is 9.30. The monoisotopic (exact) mass is 447 g/mol. The van der Waals surface area contributed by atoms with E-state index in [4.69, 9.17) is 20.4 Å². The molecule has 0 amide bonds. The molecule has 2 fully saturated rings. The normalized spacial score (nSPS) is 22.8. The maximum atomic E-state index is 14.5. The zero-order valence-corrected chi connectivity index (χ0v) is 18.7. The molecule has 8 nitrogen and oxygen atoms in total. The molecular weight excluding hydrogens is 421 g/mol. The van der Waals surface area contributed by atoms with Gasteiger partial charge < -0.3 is 20.7 Å². The number of fused-ring (bicyclic) bond motifs is 3. The number of hydrogen-bond acceptors (Lipinski definition) is 8. The van der Waals surface area contributed by atoms with Crippen LogP contribution >= 0.6 is 0 Å². The molecule has 1 saturated heterocycles. The number of ether oxygens (including phenoxy) is 1. The standard InChI is InChI=1S/C24H26FN7O/c1-13-28-10-15(11-29-13)33-23-30-19-9-16-17(7-14(25)8-18(16)27-2)21(19)22(31-23)32-6-5-24(12-32)4-3-20(24)26/h7-8,10-11,20,27H,3-6,9,12,26H2,1-2H3/t20-,24+/m0/s1. The van der Waals surface area contributed by atoms with E-state index in [1.165, 1.54) is 6.07 Å². The van der Waals surface area contributed by atoms with E-state index in [0.29, 0.717) is 18.0 Å². The van der Waals surface area contributed by atoms with E-state index in [1.807, 2.05) is 6.92 Å². The highest BCUT2D eigenvalue weighted by molar-refractivity contribution is 5.88. The lowest BCUT2D eigenvalue weighted by molar-refractivity contribution is 0.122. The molecule has 3 aliphatic rings. The summed E-state index contributed by atoms with van der Waals surface area (Å²) in [4.78, 5) is 20.2. The Bertz CT molecular complexity index is 1250. The lowest BCUT2D eigenvalue weighted by Gasteiger charge is -2.45. The molecule has 33 heavy (non-hydrogen) atoms.